The van der Waals surface area contributed by atoms with Gasteiger partial charge in [0.05, 0.1) is 22.0 Å². The van der Waals surface area contributed by atoms with E-state index in [1.807, 2.05) is 6.92 Å². The summed E-state index contributed by atoms with van der Waals surface area (Å²) in [6.45, 7) is 1.29. The maximum absolute atomic E-state index is 13.8. The van der Waals surface area contributed by atoms with Crippen molar-refractivity contribution < 1.29 is 18.0 Å². The highest BCUT2D eigenvalue weighted by molar-refractivity contribution is 7.92. The molecule has 1 atom stereocenters. The summed E-state index contributed by atoms with van der Waals surface area (Å²) in [5, 5.41) is 4.20. The normalized spacial score (nSPS) is 15.1. The van der Waals surface area contributed by atoms with Crippen LogP contribution >= 0.6 is 46.4 Å². The predicted octanol–water partition coefficient (Wildman–Crippen LogP) is 6.32. The first-order chi connectivity index (χ1) is 17.9. The van der Waals surface area contributed by atoms with Crippen LogP contribution in [-0.2, 0) is 26.2 Å². The van der Waals surface area contributed by atoms with E-state index in [1.165, 1.54) is 23.1 Å². The highest BCUT2D eigenvalue weighted by Crippen LogP contribution is 2.28. The van der Waals surface area contributed by atoms with Gasteiger partial charge in [0.25, 0.3) is 0 Å². The standard InChI is InChI=1S/C26H31Cl4N3O4S/c1-3-24(26(35)31-20-7-5-4-6-8-20)32(15-17-9-10-22(29)23(30)11-17)25(34)16-33(38(2,36)37)21-13-18(27)12-19(28)14-21/h9-14,20,24H,3-8,15-16H2,1-2H3,(H,31,35)/t24-/m1/s1. The van der Waals surface area contributed by atoms with Crippen molar-refractivity contribution in [3.63, 3.8) is 0 Å². The molecule has 0 bridgehead atoms. The lowest BCUT2D eigenvalue weighted by molar-refractivity contribution is -0.140. The van der Waals surface area contributed by atoms with Crippen molar-refractivity contribution in [2.24, 2.45) is 0 Å². The summed E-state index contributed by atoms with van der Waals surface area (Å²) >= 11 is 24.5. The van der Waals surface area contributed by atoms with Gasteiger partial charge in [-0.2, -0.15) is 0 Å². The Balaban J connectivity index is 1.95. The molecule has 12 heteroatoms. The Morgan fingerprint density at radius 3 is 2.16 bits per heavy atom. The Morgan fingerprint density at radius 2 is 1.61 bits per heavy atom. The molecule has 2 amide bonds. The maximum atomic E-state index is 13.8. The molecule has 1 fully saturated rings. The van der Waals surface area contributed by atoms with Gasteiger partial charge < -0.3 is 10.2 Å². The molecule has 1 aliphatic carbocycles. The lowest BCUT2D eigenvalue weighted by atomic mass is 9.95. The van der Waals surface area contributed by atoms with E-state index in [0.717, 1.165) is 42.7 Å². The first-order valence-corrected chi connectivity index (χ1v) is 15.7. The average molecular weight is 623 g/mol. The van der Waals surface area contributed by atoms with Crippen LogP contribution in [0.5, 0.6) is 0 Å². The van der Waals surface area contributed by atoms with Gasteiger partial charge in [0.2, 0.25) is 21.8 Å². The van der Waals surface area contributed by atoms with E-state index >= 15 is 0 Å². The van der Waals surface area contributed by atoms with E-state index in [2.05, 4.69) is 5.32 Å². The Bertz CT molecular complexity index is 1250. The van der Waals surface area contributed by atoms with Gasteiger partial charge in [0, 0.05) is 22.6 Å². The van der Waals surface area contributed by atoms with E-state index in [9.17, 15) is 18.0 Å². The van der Waals surface area contributed by atoms with Gasteiger partial charge in [-0.1, -0.05) is 78.7 Å². The zero-order valence-electron chi connectivity index (χ0n) is 21.2. The molecule has 0 aromatic heterocycles. The molecule has 0 saturated heterocycles. The lowest BCUT2D eigenvalue weighted by Gasteiger charge is -2.34. The molecule has 0 radical (unpaired) electrons. The largest absolute Gasteiger partial charge is 0.352 e. The summed E-state index contributed by atoms with van der Waals surface area (Å²) in [6.07, 6.45) is 6.32. The highest BCUT2D eigenvalue weighted by atomic mass is 35.5. The molecule has 0 aliphatic heterocycles. The third-order valence-corrected chi connectivity index (χ3v) is 8.80. The lowest BCUT2D eigenvalue weighted by Crippen LogP contribution is -2.53. The molecule has 1 aliphatic rings. The second-order valence-electron chi connectivity index (χ2n) is 9.43. The molecule has 1 N–H and O–H groups in total. The summed E-state index contributed by atoms with van der Waals surface area (Å²) in [5.74, 6) is -0.840. The van der Waals surface area contributed by atoms with Gasteiger partial charge >= 0.3 is 0 Å². The molecular formula is C26H31Cl4N3O4S. The second kappa shape index (κ2) is 13.6. The van der Waals surface area contributed by atoms with E-state index in [-0.39, 0.29) is 34.2 Å². The van der Waals surface area contributed by atoms with Crippen LogP contribution < -0.4 is 9.62 Å². The number of halogens is 4. The zero-order valence-corrected chi connectivity index (χ0v) is 25.1. The molecule has 0 spiro atoms. The van der Waals surface area contributed by atoms with Crippen LogP contribution in [0.1, 0.15) is 51.0 Å². The number of hydrogen-bond donors (Lipinski definition) is 1. The topological polar surface area (TPSA) is 86.8 Å². The number of benzene rings is 2. The second-order valence-corrected chi connectivity index (χ2v) is 13.0. The van der Waals surface area contributed by atoms with Gasteiger partial charge in [0.1, 0.15) is 12.6 Å². The van der Waals surface area contributed by atoms with Crippen LogP contribution in [0.25, 0.3) is 0 Å². The van der Waals surface area contributed by atoms with Crippen molar-refractivity contribution in [1.29, 1.82) is 0 Å². The average Bonchev–Trinajstić information content (AvgIpc) is 2.83. The van der Waals surface area contributed by atoms with E-state index in [1.54, 1.807) is 18.2 Å². The summed E-state index contributed by atoms with van der Waals surface area (Å²) in [5.41, 5.74) is 0.793. The van der Waals surface area contributed by atoms with Crippen LogP contribution in [0.3, 0.4) is 0 Å². The van der Waals surface area contributed by atoms with Crippen LogP contribution in [0.15, 0.2) is 36.4 Å². The molecule has 1 saturated carbocycles. The fourth-order valence-electron chi connectivity index (χ4n) is 4.60. The number of rotatable bonds is 10. The third-order valence-electron chi connectivity index (χ3n) is 6.49. The SMILES string of the molecule is CC[C@H](C(=O)NC1CCCCC1)N(Cc1ccc(Cl)c(Cl)c1)C(=O)CN(c1cc(Cl)cc(Cl)c1)S(C)(=O)=O. The first-order valence-electron chi connectivity index (χ1n) is 12.4. The number of hydrogen-bond acceptors (Lipinski definition) is 4. The number of carbonyl (C=O) groups is 2. The van der Waals surface area contributed by atoms with E-state index in [0.29, 0.717) is 22.0 Å². The minimum atomic E-state index is -3.91. The van der Waals surface area contributed by atoms with Gasteiger partial charge in [-0.25, -0.2) is 8.42 Å². The van der Waals surface area contributed by atoms with E-state index < -0.39 is 28.5 Å². The van der Waals surface area contributed by atoms with Crippen molar-refractivity contribution in [1.82, 2.24) is 10.2 Å². The molecule has 2 aromatic carbocycles. The Morgan fingerprint density at radius 1 is 0.974 bits per heavy atom. The van der Waals surface area contributed by atoms with Crippen LogP contribution in [0, 0.1) is 0 Å². The van der Waals surface area contributed by atoms with E-state index in [4.69, 9.17) is 46.4 Å². The fourth-order valence-corrected chi connectivity index (χ4v) is 6.26. The quantitative estimate of drug-likeness (QED) is 0.336. The molecule has 3 rings (SSSR count). The molecule has 2 aromatic rings. The summed E-state index contributed by atoms with van der Waals surface area (Å²) in [4.78, 5) is 28.6. The van der Waals surface area contributed by atoms with Gasteiger partial charge in [-0.05, 0) is 55.2 Å². The predicted molar refractivity (Wildman–Crippen MR) is 155 cm³/mol. The number of amides is 2. The summed E-state index contributed by atoms with van der Waals surface area (Å²) < 4.78 is 26.4. The Hall–Kier alpha value is -1.71. The number of anilines is 1. The smallest absolute Gasteiger partial charge is 0.244 e. The van der Waals surface area contributed by atoms with Crippen molar-refractivity contribution in [3.8, 4) is 0 Å². The number of sulfonamides is 1. The minimum absolute atomic E-state index is 0.0280. The molecule has 0 unspecified atom stereocenters. The third kappa shape index (κ3) is 8.39. The molecule has 7 nitrogen and oxygen atoms in total. The number of carbonyl (C=O) groups excluding carboxylic acids is 2. The van der Waals surface area contributed by atoms with Crippen molar-refractivity contribution >= 4 is 73.9 Å². The van der Waals surface area contributed by atoms with Gasteiger partial charge in [0.15, 0.2) is 0 Å². The van der Waals surface area contributed by atoms with Crippen LogP contribution in [0.4, 0.5) is 5.69 Å². The first kappa shape index (κ1) is 30.8. The number of nitrogens with zero attached hydrogens (tertiary/aromatic N) is 2. The van der Waals surface area contributed by atoms with Crippen molar-refractivity contribution in [2.45, 2.75) is 64.1 Å². The Kier molecular flexibility index (Phi) is 11.0. The molecule has 38 heavy (non-hydrogen) atoms. The monoisotopic (exact) mass is 621 g/mol. The van der Waals surface area contributed by atoms with Crippen molar-refractivity contribution in [2.75, 3.05) is 17.1 Å². The van der Waals surface area contributed by atoms with Crippen LogP contribution in [-0.4, -0.2) is 50.0 Å². The molecule has 0 heterocycles. The Labute approximate surface area is 244 Å². The number of nitrogens with one attached hydrogen (secondary N) is 1. The maximum Gasteiger partial charge on any atom is 0.244 e. The molecule has 208 valence electrons. The zero-order chi connectivity index (χ0) is 28.0. The highest BCUT2D eigenvalue weighted by Gasteiger charge is 2.33. The van der Waals surface area contributed by atoms with Crippen molar-refractivity contribution in [3.05, 3.63) is 62.1 Å². The van der Waals surface area contributed by atoms with Gasteiger partial charge in [-0.15, -0.1) is 0 Å². The van der Waals surface area contributed by atoms with Gasteiger partial charge in [-0.3, -0.25) is 13.9 Å². The summed E-state index contributed by atoms with van der Waals surface area (Å²) in [6, 6.07) is 8.47. The minimum Gasteiger partial charge on any atom is -0.352 e. The van der Waals surface area contributed by atoms with Crippen LogP contribution in [0.2, 0.25) is 20.1 Å². The summed E-state index contributed by atoms with van der Waals surface area (Å²) in [7, 11) is -3.91. The fraction of sp³-hybridized carbons (Fsp3) is 0.462. The molecular weight excluding hydrogens is 592 g/mol.